The van der Waals surface area contributed by atoms with E-state index >= 15 is 0 Å². The number of fused-ring (bicyclic) bond motifs is 1. The zero-order valence-electron chi connectivity index (χ0n) is 15.3. The average molecular weight is 375 g/mol. The van der Waals surface area contributed by atoms with Crippen molar-refractivity contribution in [2.24, 2.45) is 0 Å². The lowest BCUT2D eigenvalue weighted by Gasteiger charge is -2.22. The maximum absolute atomic E-state index is 13.1. The molecule has 0 aliphatic carbocycles. The summed E-state index contributed by atoms with van der Waals surface area (Å²) in [5, 5.41) is 14.3. The number of likely N-dealkylation sites (N-methyl/N-ethyl adjacent to an activating group) is 1. The van der Waals surface area contributed by atoms with Gasteiger partial charge in [-0.3, -0.25) is 4.79 Å². The molecule has 0 N–H and O–H groups in total. The van der Waals surface area contributed by atoms with Gasteiger partial charge in [0.1, 0.15) is 12.4 Å². The van der Waals surface area contributed by atoms with Gasteiger partial charge in [0.05, 0.1) is 5.69 Å². The van der Waals surface area contributed by atoms with E-state index in [1.165, 1.54) is 16.9 Å². The molecule has 0 radical (unpaired) electrons. The Balaban J connectivity index is 1.57. The van der Waals surface area contributed by atoms with E-state index in [-0.39, 0.29) is 18.3 Å². The topological polar surface area (TPSA) is 63.9 Å². The molecule has 0 unspecified atom stereocenters. The molecule has 140 valence electrons. The Bertz CT molecular complexity index is 1120. The zero-order valence-corrected chi connectivity index (χ0v) is 15.3. The predicted molar refractivity (Wildman–Crippen MR) is 105 cm³/mol. The van der Waals surface area contributed by atoms with Crippen molar-refractivity contribution in [2.45, 2.75) is 13.5 Å². The normalized spacial score (nSPS) is 10.9. The van der Waals surface area contributed by atoms with Crippen molar-refractivity contribution in [3.05, 3.63) is 72.5 Å². The Morgan fingerprint density at radius 1 is 1.04 bits per heavy atom. The van der Waals surface area contributed by atoms with Crippen molar-refractivity contribution < 1.29 is 9.18 Å². The molecule has 4 rings (SSSR count). The van der Waals surface area contributed by atoms with Gasteiger partial charge in [-0.05, 0) is 47.9 Å². The third-order valence-corrected chi connectivity index (χ3v) is 4.51. The number of tetrazole rings is 1. The van der Waals surface area contributed by atoms with Crippen molar-refractivity contribution in [1.29, 1.82) is 0 Å². The molecule has 3 aromatic carbocycles. The van der Waals surface area contributed by atoms with E-state index in [0.717, 1.165) is 16.5 Å². The molecular formula is C21H18FN5O. The van der Waals surface area contributed by atoms with Crippen LogP contribution in [-0.2, 0) is 11.3 Å². The second-order valence-electron chi connectivity index (χ2n) is 6.29. The molecule has 0 atom stereocenters. The summed E-state index contributed by atoms with van der Waals surface area (Å²) in [5.41, 5.74) is 1.49. The van der Waals surface area contributed by atoms with Crippen LogP contribution < -0.4 is 4.90 Å². The van der Waals surface area contributed by atoms with Crippen LogP contribution in [0.15, 0.2) is 66.7 Å². The van der Waals surface area contributed by atoms with Crippen LogP contribution in [0.4, 0.5) is 10.1 Å². The summed E-state index contributed by atoms with van der Waals surface area (Å²) < 4.78 is 13.1. The summed E-state index contributed by atoms with van der Waals surface area (Å²) in [5.74, 6) is -0.122. The molecule has 1 aromatic heterocycles. The predicted octanol–water partition coefficient (Wildman–Crippen LogP) is 3.69. The van der Waals surface area contributed by atoms with Crippen LogP contribution in [-0.4, -0.2) is 32.7 Å². The molecule has 0 bridgehead atoms. The van der Waals surface area contributed by atoms with Gasteiger partial charge in [0.25, 0.3) is 5.91 Å². The number of benzene rings is 3. The quantitative estimate of drug-likeness (QED) is 0.534. The van der Waals surface area contributed by atoms with Crippen molar-refractivity contribution >= 4 is 22.4 Å². The van der Waals surface area contributed by atoms with E-state index < -0.39 is 0 Å². The minimum atomic E-state index is -0.333. The lowest BCUT2D eigenvalue weighted by molar-refractivity contribution is -0.119. The van der Waals surface area contributed by atoms with E-state index in [9.17, 15) is 9.18 Å². The monoisotopic (exact) mass is 375 g/mol. The molecule has 0 spiro atoms. The Morgan fingerprint density at radius 2 is 1.79 bits per heavy atom. The van der Waals surface area contributed by atoms with Crippen LogP contribution in [0.1, 0.15) is 6.92 Å². The van der Waals surface area contributed by atoms with E-state index in [0.29, 0.717) is 17.9 Å². The summed E-state index contributed by atoms with van der Waals surface area (Å²) in [7, 11) is 0. The molecule has 6 nitrogen and oxygen atoms in total. The molecular weight excluding hydrogens is 357 g/mol. The van der Waals surface area contributed by atoms with Gasteiger partial charge in [-0.1, -0.05) is 36.4 Å². The molecule has 1 heterocycles. The number of carbonyl (C=O) groups excluding carboxylic acids is 1. The third-order valence-electron chi connectivity index (χ3n) is 4.51. The molecule has 0 aliphatic heterocycles. The Hall–Kier alpha value is -3.61. The molecule has 7 heteroatoms. The number of carbonyl (C=O) groups is 1. The van der Waals surface area contributed by atoms with Crippen LogP contribution in [0.3, 0.4) is 0 Å². The highest BCUT2D eigenvalue weighted by atomic mass is 19.1. The number of amides is 1. The van der Waals surface area contributed by atoms with E-state index in [4.69, 9.17) is 0 Å². The van der Waals surface area contributed by atoms with Gasteiger partial charge in [0.15, 0.2) is 0 Å². The Kier molecular flexibility index (Phi) is 4.80. The molecule has 4 aromatic rings. The van der Waals surface area contributed by atoms with Crippen molar-refractivity contribution in [2.75, 3.05) is 11.4 Å². The van der Waals surface area contributed by atoms with Crippen LogP contribution in [0, 0.1) is 5.82 Å². The summed E-state index contributed by atoms with van der Waals surface area (Å²) in [4.78, 5) is 15.9. The fourth-order valence-corrected chi connectivity index (χ4v) is 3.16. The van der Waals surface area contributed by atoms with Gasteiger partial charge < -0.3 is 4.90 Å². The maximum Gasteiger partial charge on any atom is 0.250 e. The van der Waals surface area contributed by atoms with Gasteiger partial charge in [0, 0.05) is 17.5 Å². The van der Waals surface area contributed by atoms with Gasteiger partial charge in [-0.2, -0.15) is 4.80 Å². The first kappa shape index (κ1) is 17.8. The summed E-state index contributed by atoms with van der Waals surface area (Å²) in [6, 6.07) is 19.7. The minimum absolute atomic E-state index is 0.0365. The zero-order chi connectivity index (χ0) is 19.5. The fourth-order valence-electron chi connectivity index (χ4n) is 3.16. The second kappa shape index (κ2) is 7.56. The van der Waals surface area contributed by atoms with E-state index in [2.05, 4.69) is 15.4 Å². The van der Waals surface area contributed by atoms with Crippen LogP contribution >= 0.6 is 0 Å². The lowest BCUT2D eigenvalue weighted by Crippen LogP contribution is -2.34. The number of halogens is 1. The first-order valence-electron chi connectivity index (χ1n) is 8.97. The van der Waals surface area contributed by atoms with Gasteiger partial charge in [-0.25, -0.2) is 4.39 Å². The first-order valence-corrected chi connectivity index (χ1v) is 8.97. The molecule has 0 fully saturated rings. The average Bonchev–Trinajstić information content (AvgIpc) is 3.17. The molecule has 1 amide bonds. The number of rotatable bonds is 5. The second-order valence-corrected chi connectivity index (χ2v) is 6.29. The van der Waals surface area contributed by atoms with Crippen molar-refractivity contribution in [3.63, 3.8) is 0 Å². The lowest BCUT2D eigenvalue weighted by atomic mass is 10.1. The van der Waals surface area contributed by atoms with Crippen molar-refractivity contribution in [1.82, 2.24) is 20.2 Å². The van der Waals surface area contributed by atoms with E-state index in [1.54, 1.807) is 17.0 Å². The van der Waals surface area contributed by atoms with Gasteiger partial charge >= 0.3 is 0 Å². The number of anilines is 1. The van der Waals surface area contributed by atoms with Crippen LogP contribution in [0.2, 0.25) is 0 Å². The Labute approximate surface area is 161 Å². The molecule has 0 saturated carbocycles. The first-order chi connectivity index (χ1) is 13.7. The fraction of sp³-hybridized carbons (Fsp3) is 0.143. The molecule has 0 aliphatic rings. The standard InChI is InChI=1S/C21H18FN5O/c1-2-26(19-9-5-7-15-6-3-4-8-18(15)19)20(28)14-27-24-21(23-25-27)16-10-12-17(22)13-11-16/h3-13H,2,14H2,1H3. The van der Waals surface area contributed by atoms with E-state index in [1.807, 2.05) is 49.4 Å². The highest BCUT2D eigenvalue weighted by Crippen LogP contribution is 2.27. The SMILES string of the molecule is CCN(C(=O)Cn1nnc(-c2ccc(F)cc2)n1)c1cccc2ccccc12. The minimum Gasteiger partial charge on any atom is -0.310 e. The van der Waals surface area contributed by atoms with Gasteiger partial charge in [-0.15, -0.1) is 10.2 Å². The Morgan fingerprint density at radius 3 is 2.57 bits per heavy atom. The maximum atomic E-state index is 13.1. The van der Waals surface area contributed by atoms with Crippen LogP contribution in [0.25, 0.3) is 22.2 Å². The molecule has 28 heavy (non-hydrogen) atoms. The summed E-state index contributed by atoms with van der Waals surface area (Å²) in [6.45, 7) is 2.41. The highest BCUT2D eigenvalue weighted by Gasteiger charge is 2.18. The van der Waals surface area contributed by atoms with Crippen LogP contribution in [0.5, 0.6) is 0 Å². The summed E-state index contributed by atoms with van der Waals surface area (Å²) >= 11 is 0. The highest BCUT2D eigenvalue weighted by molar-refractivity contribution is 6.03. The third kappa shape index (κ3) is 3.46. The largest absolute Gasteiger partial charge is 0.310 e. The number of aromatic nitrogens is 4. The number of hydrogen-bond donors (Lipinski definition) is 0. The number of nitrogens with zero attached hydrogens (tertiary/aromatic N) is 5. The van der Waals surface area contributed by atoms with Crippen molar-refractivity contribution in [3.8, 4) is 11.4 Å². The smallest absolute Gasteiger partial charge is 0.250 e. The molecule has 0 saturated heterocycles. The summed E-state index contributed by atoms with van der Waals surface area (Å²) in [6.07, 6.45) is 0. The van der Waals surface area contributed by atoms with Gasteiger partial charge in [0.2, 0.25) is 5.82 Å². The number of hydrogen-bond acceptors (Lipinski definition) is 4.